The van der Waals surface area contributed by atoms with Gasteiger partial charge in [-0.2, -0.15) is 13.2 Å². The summed E-state index contributed by atoms with van der Waals surface area (Å²) >= 11 is 12.1. The van der Waals surface area contributed by atoms with Crippen molar-refractivity contribution in [3.63, 3.8) is 0 Å². The molecule has 1 amide bonds. The zero-order valence-corrected chi connectivity index (χ0v) is 18.4. The van der Waals surface area contributed by atoms with Crippen LogP contribution in [0, 0.1) is 6.92 Å². The van der Waals surface area contributed by atoms with Crippen LogP contribution in [-0.2, 0) is 6.18 Å². The summed E-state index contributed by atoms with van der Waals surface area (Å²) in [6.07, 6.45) is -4.50. The molecule has 10 heteroatoms. The summed E-state index contributed by atoms with van der Waals surface area (Å²) in [5.41, 5.74) is 0.536. The fraction of sp³-hybridized carbons (Fsp3) is 0.273. The number of aromatic nitrogens is 1. The van der Waals surface area contributed by atoms with Gasteiger partial charge in [0.25, 0.3) is 5.91 Å². The molecule has 4 rings (SSSR count). The molecule has 0 N–H and O–H groups in total. The molecule has 0 aliphatic carbocycles. The monoisotopic (exact) mass is 483 g/mol. The summed E-state index contributed by atoms with van der Waals surface area (Å²) in [6.45, 7) is 3.54. The summed E-state index contributed by atoms with van der Waals surface area (Å²) < 4.78 is 44.6. The fourth-order valence-corrected chi connectivity index (χ4v) is 3.96. The van der Waals surface area contributed by atoms with E-state index in [-0.39, 0.29) is 28.5 Å². The Kier molecular flexibility index (Phi) is 6.09. The number of amides is 1. The molecule has 0 radical (unpaired) electrons. The lowest BCUT2D eigenvalue weighted by Crippen LogP contribution is -2.49. The van der Waals surface area contributed by atoms with Gasteiger partial charge in [0.2, 0.25) is 0 Å². The molecule has 0 saturated carbocycles. The van der Waals surface area contributed by atoms with E-state index >= 15 is 0 Å². The molecular formula is C22H18Cl2F3N3O2. The highest BCUT2D eigenvalue weighted by atomic mass is 35.5. The van der Waals surface area contributed by atoms with Crippen molar-refractivity contribution in [2.45, 2.75) is 13.1 Å². The van der Waals surface area contributed by atoms with E-state index in [4.69, 9.17) is 27.7 Å². The number of carbonyl (C=O) groups is 1. The molecule has 1 fully saturated rings. The summed E-state index contributed by atoms with van der Waals surface area (Å²) in [7, 11) is 0. The van der Waals surface area contributed by atoms with E-state index in [1.165, 1.54) is 12.1 Å². The lowest BCUT2D eigenvalue weighted by molar-refractivity contribution is -0.137. The van der Waals surface area contributed by atoms with Gasteiger partial charge < -0.3 is 14.3 Å². The second kappa shape index (κ2) is 8.67. The minimum absolute atomic E-state index is 0.102. The van der Waals surface area contributed by atoms with Gasteiger partial charge in [0, 0.05) is 37.4 Å². The SMILES string of the molecule is Cc1onc(-c2cccc(C(F)(F)F)c2)c1C(=O)N1CCN(c2ccc(Cl)c(Cl)c2)CC1. The number of hydrogen-bond acceptors (Lipinski definition) is 4. The Balaban J connectivity index is 1.54. The number of carbonyl (C=O) groups excluding carboxylic acids is 1. The Morgan fingerprint density at radius 2 is 1.75 bits per heavy atom. The van der Waals surface area contributed by atoms with Crippen LogP contribution in [0.4, 0.5) is 18.9 Å². The van der Waals surface area contributed by atoms with E-state index in [2.05, 4.69) is 10.1 Å². The lowest BCUT2D eigenvalue weighted by Gasteiger charge is -2.36. The van der Waals surface area contributed by atoms with Crippen LogP contribution in [0.5, 0.6) is 0 Å². The van der Waals surface area contributed by atoms with Gasteiger partial charge in [0.1, 0.15) is 17.0 Å². The van der Waals surface area contributed by atoms with Crippen molar-refractivity contribution in [2.75, 3.05) is 31.1 Å². The van der Waals surface area contributed by atoms with Crippen LogP contribution < -0.4 is 4.90 Å². The Morgan fingerprint density at radius 1 is 1.03 bits per heavy atom. The normalized spacial score (nSPS) is 14.7. The molecule has 0 spiro atoms. The van der Waals surface area contributed by atoms with Gasteiger partial charge in [0.05, 0.1) is 15.6 Å². The highest BCUT2D eigenvalue weighted by Gasteiger charge is 2.32. The van der Waals surface area contributed by atoms with Crippen LogP contribution in [0.2, 0.25) is 10.0 Å². The van der Waals surface area contributed by atoms with Crippen LogP contribution in [0.15, 0.2) is 47.0 Å². The maximum Gasteiger partial charge on any atom is 0.416 e. The van der Waals surface area contributed by atoms with Gasteiger partial charge in [-0.25, -0.2) is 0 Å². The second-order valence-corrected chi connectivity index (χ2v) is 8.23. The van der Waals surface area contributed by atoms with Crippen molar-refractivity contribution in [3.8, 4) is 11.3 Å². The highest BCUT2D eigenvalue weighted by molar-refractivity contribution is 6.42. The van der Waals surface area contributed by atoms with Crippen molar-refractivity contribution in [3.05, 3.63) is 69.4 Å². The van der Waals surface area contributed by atoms with Crippen molar-refractivity contribution in [1.82, 2.24) is 10.1 Å². The first-order valence-corrected chi connectivity index (χ1v) is 10.5. The van der Waals surface area contributed by atoms with Crippen LogP contribution in [-0.4, -0.2) is 42.1 Å². The zero-order chi connectivity index (χ0) is 23.0. The maximum absolute atomic E-state index is 13.2. The number of piperazine rings is 1. The Bertz CT molecular complexity index is 1160. The van der Waals surface area contributed by atoms with Crippen LogP contribution in [0.25, 0.3) is 11.3 Å². The number of hydrogen-bond donors (Lipinski definition) is 0. The first-order chi connectivity index (χ1) is 15.1. The molecule has 32 heavy (non-hydrogen) atoms. The minimum atomic E-state index is -4.50. The predicted octanol–water partition coefficient (Wildman–Crippen LogP) is 5.94. The predicted molar refractivity (Wildman–Crippen MR) is 116 cm³/mol. The number of nitrogens with zero attached hydrogens (tertiary/aromatic N) is 3. The van der Waals surface area contributed by atoms with Gasteiger partial charge in [-0.05, 0) is 37.3 Å². The van der Waals surface area contributed by atoms with Gasteiger partial charge in [-0.1, -0.05) is 40.5 Å². The average Bonchev–Trinajstić information content (AvgIpc) is 3.16. The Labute approximate surface area is 192 Å². The summed E-state index contributed by atoms with van der Waals surface area (Å²) in [5, 5.41) is 4.80. The van der Waals surface area contributed by atoms with E-state index < -0.39 is 11.7 Å². The fourth-order valence-electron chi connectivity index (χ4n) is 3.67. The highest BCUT2D eigenvalue weighted by Crippen LogP contribution is 2.34. The van der Waals surface area contributed by atoms with Crippen LogP contribution in [0.3, 0.4) is 0 Å². The van der Waals surface area contributed by atoms with Crippen molar-refractivity contribution in [1.29, 1.82) is 0 Å². The van der Waals surface area contributed by atoms with Gasteiger partial charge in [-0.15, -0.1) is 0 Å². The molecule has 1 aliphatic heterocycles. The topological polar surface area (TPSA) is 49.6 Å². The van der Waals surface area contributed by atoms with E-state index in [9.17, 15) is 18.0 Å². The van der Waals surface area contributed by atoms with Crippen molar-refractivity contribution < 1.29 is 22.5 Å². The molecule has 1 aliphatic rings. The average molecular weight is 484 g/mol. The van der Waals surface area contributed by atoms with E-state index in [1.807, 2.05) is 6.07 Å². The van der Waals surface area contributed by atoms with Gasteiger partial charge in [-0.3, -0.25) is 4.79 Å². The van der Waals surface area contributed by atoms with E-state index in [1.54, 1.807) is 24.0 Å². The van der Waals surface area contributed by atoms with Gasteiger partial charge in [0.15, 0.2) is 0 Å². The minimum Gasteiger partial charge on any atom is -0.368 e. The van der Waals surface area contributed by atoms with E-state index in [0.717, 1.165) is 17.8 Å². The third kappa shape index (κ3) is 4.42. The number of alkyl halides is 3. The zero-order valence-electron chi connectivity index (χ0n) is 16.9. The Morgan fingerprint density at radius 3 is 2.41 bits per heavy atom. The van der Waals surface area contributed by atoms with E-state index in [0.29, 0.717) is 36.2 Å². The first kappa shape index (κ1) is 22.5. The standard InChI is InChI=1S/C22H18Cl2F3N3O2/c1-13-19(20(28-32-13)14-3-2-4-15(11-14)22(25,26)27)21(31)30-9-7-29(8-10-30)16-5-6-17(23)18(24)12-16/h2-6,11-12H,7-10H2,1H3. The van der Waals surface area contributed by atoms with Gasteiger partial charge >= 0.3 is 6.18 Å². The molecule has 0 atom stereocenters. The molecule has 1 saturated heterocycles. The number of benzene rings is 2. The third-order valence-corrected chi connectivity index (χ3v) is 6.11. The van der Waals surface area contributed by atoms with Crippen molar-refractivity contribution in [2.24, 2.45) is 0 Å². The molecule has 2 aromatic carbocycles. The van der Waals surface area contributed by atoms with Crippen molar-refractivity contribution >= 4 is 34.8 Å². The molecule has 0 bridgehead atoms. The molecular weight excluding hydrogens is 466 g/mol. The number of anilines is 1. The molecule has 2 heterocycles. The molecule has 168 valence electrons. The number of halogens is 5. The largest absolute Gasteiger partial charge is 0.416 e. The molecule has 0 unspecified atom stereocenters. The molecule has 5 nitrogen and oxygen atoms in total. The summed E-state index contributed by atoms with van der Waals surface area (Å²) in [4.78, 5) is 17.0. The summed E-state index contributed by atoms with van der Waals surface area (Å²) in [5.74, 6) is -0.0701. The Hall–Kier alpha value is -2.71. The third-order valence-electron chi connectivity index (χ3n) is 5.38. The van der Waals surface area contributed by atoms with Crippen LogP contribution >= 0.6 is 23.2 Å². The molecule has 1 aromatic heterocycles. The maximum atomic E-state index is 13.2. The number of rotatable bonds is 3. The smallest absolute Gasteiger partial charge is 0.368 e. The quantitative estimate of drug-likeness (QED) is 0.462. The second-order valence-electron chi connectivity index (χ2n) is 7.42. The number of aryl methyl sites for hydroxylation is 1. The first-order valence-electron chi connectivity index (χ1n) is 9.78. The van der Waals surface area contributed by atoms with Crippen LogP contribution in [0.1, 0.15) is 21.7 Å². The molecule has 3 aromatic rings. The summed E-state index contributed by atoms with van der Waals surface area (Å²) in [6, 6.07) is 10.1. The lowest BCUT2D eigenvalue weighted by atomic mass is 10.0.